The number of halogens is 3. The number of para-hydroxylation sites is 1. The molecule has 2 aromatic carbocycles. The summed E-state index contributed by atoms with van der Waals surface area (Å²) in [6.45, 7) is 0. The highest BCUT2D eigenvalue weighted by Gasteiger charge is 2.30. The van der Waals surface area contributed by atoms with Crippen LogP contribution in [0.25, 0.3) is 11.0 Å². The number of benzene rings is 2. The maximum absolute atomic E-state index is 12.8. The van der Waals surface area contributed by atoms with E-state index in [9.17, 15) is 18.0 Å². The number of hydrogen-bond donors (Lipinski definition) is 1. The van der Waals surface area contributed by atoms with Crippen LogP contribution in [-0.4, -0.2) is 36.7 Å². The van der Waals surface area contributed by atoms with E-state index < -0.39 is 11.7 Å². The van der Waals surface area contributed by atoms with Crippen molar-refractivity contribution in [2.45, 2.75) is 17.6 Å². The molecule has 0 radical (unpaired) electrons. The van der Waals surface area contributed by atoms with Crippen LogP contribution in [0.1, 0.15) is 11.1 Å². The van der Waals surface area contributed by atoms with Crippen molar-refractivity contribution in [1.82, 2.24) is 25.1 Å². The van der Waals surface area contributed by atoms with E-state index in [0.29, 0.717) is 16.1 Å². The van der Waals surface area contributed by atoms with Gasteiger partial charge in [-0.25, -0.2) is 4.98 Å². The normalized spacial score (nSPS) is 11.6. The van der Waals surface area contributed by atoms with E-state index in [1.54, 1.807) is 18.2 Å². The zero-order valence-electron chi connectivity index (χ0n) is 16.3. The molecule has 8 nitrogen and oxygen atoms in total. The predicted octanol–water partition coefficient (Wildman–Crippen LogP) is 3.57. The minimum absolute atomic E-state index is 0.0155. The third-order valence-electron chi connectivity index (χ3n) is 4.23. The van der Waals surface area contributed by atoms with Gasteiger partial charge in [0, 0.05) is 12.5 Å². The number of alkyl halides is 3. The lowest BCUT2D eigenvalue weighted by atomic mass is 10.1. The van der Waals surface area contributed by atoms with E-state index in [4.69, 9.17) is 10.6 Å². The van der Waals surface area contributed by atoms with Crippen molar-refractivity contribution in [2.75, 3.05) is 11.5 Å². The first kappa shape index (κ1) is 21.6. The van der Waals surface area contributed by atoms with Crippen LogP contribution in [0.4, 0.5) is 19.1 Å². The van der Waals surface area contributed by atoms with E-state index in [-0.39, 0.29) is 35.3 Å². The largest absolute Gasteiger partial charge is 0.416 e. The summed E-state index contributed by atoms with van der Waals surface area (Å²) in [5.41, 5.74) is 6.48. The summed E-state index contributed by atoms with van der Waals surface area (Å²) in [6, 6.07) is 13.3. The number of Topliss-reactive ketones (excluding diaryl/α,β-unsaturated/α-hetero) is 1. The lowest BCUT2D eigenvalue weighted by Crippen LogP contribution is -2.11. The van der Waals surface area contributed by atoms with Crippen molar-refractivity contribution in [3.63, 3.8) is 0 Å². The molecule has 0 saturated heterocycles. The molecular weight excluding hydrogens is 445 g/mol. The predicted molar refractivity (Wildman–Crippen MR) is 111 cm³/mol. The second-order valence-electron chi connectivity index (χ2n) is 6.65. The third kappa shape index (κ3) is 5.14. The molecule has 0 spiro atoms. The van der Waals surface area contributed by atoms with Crippen LogP contribution < -0.4 is 10.6 Å². The fraction of sp³-hybridized carbons (Fsp3) is 0.150. The molecule has 0 atom stereocenters. The summed E-state index contributed by atoms with van der Waals surface area (Å²) in [5.74, 6) is -0.254. The van der Waals surface area contributed by atoms with Crippen molar-refractivity contribution in [3.05, 3.63) is 65.7 Å². The standard InChI is InChI=1S/C20H15F3N6O2S/c21-20(22,23)13-5-3-4-12(8-13)9-14(30)11-32-18-10-17(25-19(24)26-18)31-29-16-7-2-1-6-15(16)27-28-29/h1-8,10H,9,11H2,(H2,24,25,26). The molecule has 12 heteroatoms. The molecule has 0 fully saturated rings. The van der Waals surface area contributed by atoms with Crippen LogP contribution in [0, 0.1) is 0 Å². The first-order valence-corrected chi connectivity index (χ1v) is 10.2. The number of fused-ring (bicyclic) bond motifs is 1. The maximum Gasteiger partial charge on any atom is 0.416 e. The monoisotopic (exact) mass is 460 g/mol. The van der Waals surface area contributed by atoms with Gasteiger partial charge < -0.3 is 10.6 Å². The second-order valence-corrected chi connectivity index (χ2v) is 7.64. The Morgan fingerprint density at radius 2 is 1.91 bits per heavy atom. The van der Waals surface area contributed by atoms with Gasteiger partial charge in [0.1, 0.15) is 21.8 Å². The van der Waals surface area contributed by atoms with Crippen LogP contribution in [-0.2, 0) is 17.4 Å². The molecule has 164 valence electrons. The first-order valence-electron chi connectivity index (χ1n) is 9.22. The number of nitrogen functional groups attached to an aromatic ring is 1. The van der Waals surface area contributed by atoms with Gasteiger partial charge in [0.05, 0.1) is 11.3 Å². The van der Waals surface area contributed by atoms with E-state index >= 15 is 0 Å². The minimum Gasteiger partial charge on any atom is -0.368 e. The Morgan fingerprint density at radius 1 is 1.09 bits per heavy atom. The Balaban J connectivity index is 1.41. The SMILES string of the molecule is Nc1nc(On2nnc3ccccc32)cc(SCC(=O)Cc2cccc(C(F)(F)F)c2)n1. The van der Waals surface area contributed by atoms with Gasteiger partial charge in [-0.05, 0) is 29.0 Å². The summed E-state index contributed by atoms with van der Waals surface area (Å²) in [6.07, 6.45) is -4.59. The van der Waals surface area contributed by atoms with Crippen LogP contribution in [0.3, 0.4) is 0 Å². The lowest BCUT2D eigenvalue weighted by molar-refractivity contribution is -0.137. The van der Waals surface area contributed by atoms with E-state index in [0.717, 1.165) is 23.9 Å². The Kier molecular flexibility index (Phi) is 5.95. The molecule has 4 rings (SSSR count). The Morgan fingerprint density at radius 3 is 2.72 bits per heavy atom. The van der Waals surface area contributed by atoms with Crippen molar-refractivity contribution in [2.24, 2.45) is 0 Å². The van der Waals surface area contributed by atoms with Gasteiger partial charge in [0.15, 0.2) is 0 Å². The van der Waals surface area contributed by atoms with Gasteiger partial charge in [0.25, 0.3) is 5.88 Å². The van der Waals surface area contributed by atoms with Gasteiger partial charge >= 0.3 is 6.18 Å². The topological polar surface area (TPSA) is 109 Å². The number of carbonyl (C=O) groups is 1. The molecule has 2 heterocycles. The third-order valence-corrected chi connectivity index (χ3v) is 5.21. The van der Waals surface area contributed by atoms with Crippen molar-refractivity contribution in [1.29, 1.82) is 0 Å². The van der Waals surface area contributed by atoms with E-state index in [2.05, 4.69) is 20.3 Å². The molecule has 0 saturated carbocycles. The maximum atomic E-state index is 12.8. The van der Waals surface area contributed by atoms with Gasteiger partial charge in [-0.1, -0.05) is 46.9 Å². The van der Waals surface area contributed by atoms with Gasteiger partial charge in [-0.2, -0.15) is 18.2 Å². The number of rotatable bonds is 7. The number of nitrogens with zero attached hydrogens (tertiary/aromatic N) is 5. The van der Waals surface area contributed by atoms with Crippen molar-refractivity contribution in [3.8, 4) is 5.88 Å². The highest BCUT2D eigenvalue weighted by Crippen LogP contribution is 2.30. The molecule has 32 heavy (non-hydrogen) atoms. The molecule has 0 amide bonds. The smallest absolute Gasteiger partial charge is 0.368 e. The van der Waals surface area contributed by atoms with E-state index in [1.807, 2.05) is 6.07 Å². The van der Waals surface area contributed by atoms with Gasteiger partial charge in [-0.3, -0.25) is 4.79 Å². The number of carbonyl (C=O) groups excluding carboxylic acids is 1. The number of ketones is 1. The zero-order chi connectivity index (χ0) is 22.7. The second kappa shape index (κ2) is 8.83. The molecule has 2 N–H and O–H groups in total. The average Bonchev–Trinajstić information content (AvgIpc) is 3.14. The molecular formula is C20H15F3N6O2S. The number of anilines is 1. The van der Waals surface area contributed by atoms with Crippen LogP contribution in [0.2, 0.25) is 0 Å². The Labute approximate surface area is 183 Å². The summed E-state index contributed by atoms with van der Waals surface area (Å²) in [5, 5.41) is 8.24. The fourth-order valence-electron chi connectivity index (χ4n) is 2.84. The quantitative estimate of drug-likeness (QED) is 0.329. The summed E-state index contributed by atoms with van der Waals surface area (Å²) in [4.78, 5) is 27.1. The molecule has 2 aromatic heterocycles. The zero-order valence-corrected chi connectivity index (χ0v) is 17.1. The van der Waals surface area contributed by atoms with Crippen LogP contribution >= 0.6 is 11.8 Å². The number of aromatic nitrogens is 5. The van der Waals surface area contributed by atoms with Gasteiger partial charge in [-0.15, -0.1) is 5.10 Å². The molecule has 0 aliphatic rings. The highest BCUT2D eigenvalue weighted by atomic mass is 32.2. The first-order chi connectivity index (χ1) is 15.3. The number of hydrogen-bond acceptors (Lipinski definition) is 8. The summed E-state index contributed by atoms with van der Waals surface area (Å²) >= 11 is 1.07. The highest BCUT2D eigenvalue weighted by molar-refractivity contribution is 7.99. The fourth-order valence-corrected chi connectivity index (χ4v) is 3.59. The Hall–Kier alpha value is -3.67. The Bertz CT molecular complexity index is 1280. The van der Waals surface area contributed by atoms with Gasteiger partial charge in [0.2, 0.25) is 5.95 Å². The van der Waals surface area contributed by atoms with Crippen molar-refractivity contribution >= 4 is 34.5 Å². The molecule has 0 aliphatic carbocycles. The summed E-state index contributed by atoms with van der Waals surface area (Å²) < 4.78 is 38.5. The average molecular weight is 460 g/mol. The summed E-state index contributed by atoms with van der Waals surface area (Å²) in [7, 11) is 0. The molecule has 4 aromatic rings. The number of nitrogens with two attached hydrogens (primary N) is 1. The lowest BCUT2D eigenvalue weighted by Gasteiger charge is -2.09. The van der Waals surface area contributed by atoms with Crippen molar-refractivity contribution < 1.29 is 22.8 Å². The molecule has 0 aliphatic heterocycles. The molecule has 0 bridgehead atoms. The van der Waals surface area contributed by atoms with Crippen LogP contribution in [0.5, 0.6) is 5.88 Å². The number of thioether (sulfide) groups is 1. The van der Waals surface area contributed by atoms with Crippen LogP contribution in [0.15, 0.2) is 59.6 Å². The molecule has 0 unspecified atom stereocenters. The van der Waals surface area contributed by atoms with E-state index in [1.165, 1.54) is 23.0 Å². The minimum atomic E-state index is -4.46.